The van der Waals surface area contributed by atoms with Gasteiger partial charge in [0.15, 0.2) is 5.58 Å². The Balaban J connectivity index is 1.80. The summed E-state index contributed by atoms with van der Waals surface area (Å²) in [5.41, 5.74) is 1.60. The van der Waals surface area contributed by atoms with Crippen LogP contribution in [0.15, 0.2) is 28.7 Å². The highest BCUT2D eigenvalue weighted by atomic mass is 16.3. The molecule has 16 heavy (non-hydrogen) atoms. The van der Waals surface area contributed by atoms with E-state index in [1.807, 2.05) is 24.3 Å². The Bertz CT molecular complexity index is 492. The SMILES string of the molecule is O=C(Cc1nc2ccccc2o1)C1CCC1. The van der Waals surface area contributed by atoms with E-state index in [-0.39, 0.29) is 11.7 Å². The summed E-state index contributed by atoms with van der Waals surface area (Å²) in [6.07, 6.45) is 3.61. The predicted molar refractivity (Wildman–Crippen MR) is 60.1 cm³/mol. The van der Waals surface area contributed by atoms with Crippen molar-refractivity contribution in [3.63, 3.8) is 0 Å². The number of fused-ring (bicyclic) bond motifs is 1. The van der Waals surface area contributed by atoms with E-state index in [1.165, 1.54) is 6.42 Å². The van der Waals surface area contributed by atoms with Crippen molar-refractivity contribution in [2.24, 2.45) is 5.92 Å². The van der Waals surface area contributed by atoms with Crippen LogP contribution in [-0.2, 0) is 11.2 Å². The van der Waals surface area contributed by atoms with E-state index in [0.29, 0.717) is 12.3 Å². The number of carbonyl (C=O) groups excluding carboxylic acids is 1. The second-order valence-corrected chi connectivity index (χ2v) is 4.35. The molecular formula is C13H13NO2. The van der Waals surface area contributed by atoms with Crippen LogP contribution in [0, 0.1) is 5.92 Å². The fraction of sp³-hybridized carbons (Fsp3) is 0.385. The van der Waals surface area contributed by atoms with E-state index in [4.69, 9.17) is 4.42 Å². The zero-order valence-electron chi connectivity index (χ0n) is 8.98. The van der Waals surface area contributed by atoms with Crippen LogP contribution in [0.25, 0.3) is 11.1 Å². The zero-order chi connectivity index (χ0) is 11.0. The van der Waals surface area contributed by atoms with Crippen LogP contribution in [-0.4, -0.2) is 10.8 Å². The normalized spacial score (nSPS) is 16.2. The molecule has 1 aromatic carbocycles. The topological polar surface area (TPSA) is 43.1 Å². The van der Waals surface area contributed by atoms with Gasteiger partial charge in [0.2, 0.25) is 5.89 Å². The maximum Gasteiger partial charge on any atom is 0.202 e. The average Bonchev–Trinajstić information content (AvgIpc) is 2.56. The van der Waals surface area contributed by atoms with Crippen LogP contribution in [0.4, 0.5) is 0 Å². The number of hydrogen-bond acceptors (Lipinski definition) is 3. The van der Waals surface area contributed by atoms with Crippen molar-refractivity contribution < 1.29 is 9.21 Å². The number of para-hydroxylation sites is 2. The first-order valence-corrected chi connectivity index (χ1v) is 5.70. The monoisotopic (exact) mass is 215 g/mol. The molecule has 1 aliphatic carbocycles. The van der Waals surface area contributed by atoms with Gasteiger partial charge in [-0.05, 0) is 25.0 Å². The molecule has 2 aromatic rings. The lowest BCUT2D eigenvalue weighted by atomic mass is 9.81. The maximum atomic E-state index is 11.8. The zero-order valence-corrected chi connectivity index (χ0v) is 8.98. The van der Waals surface area contributed by atoms with Gasteiger partial charge in [-0.15, -0.1) is 0 Å². The van der Waals surface area contributed by atoms with Gasteiger partial charge in [-0.1, -0.05) is 18.6 Å². The van der Waals surface area contributed by atoms with Crippen molar-refractivity contribution in [2.75, 3.05) is 0 Å². The molecule has 0 amide bonds. The van der Waals surface area contributed by atoms with Gasteiger partial charge in [-0.3, -0.25) is 4.79 Å². The second kappa shape index (κ2) is 3.74. The lowest BCUT2D eigenvalue weighted by Gasteiger charge is -2.22. The third kappa shape index (κ3) is 1.62. The Hall–Kier alpha value is -1.64. The molecule has 3 rings (SSSR count). The minimum Gasteiger partial charge on any atom is -0.440 e. The molecule has 0 spiro atoms. The van der Waals surface area contributed by atoms with E-state index in [2.05, 4.69) is 4.98 Å². The van der Waals surface area contributed by atoms with Crippen LogP contribution in [0.1, 0.15) is 25.2 Å². The number of oxazole rings is 1. The molecule has 0 bridgehead atoms. The third-order valence-electron chi connectivity index (χ3n) is 3.22. The molecule has 1 aromatic heterocycles. The van der Waals surface area contributed by atoms with Crippen molar-refractivity contribution >= 4 is 16.9 Å². The van der Waals surface area contributed by atoms with Gasteiger partial charge in [0.25, 0.3) is 0 Å². The molecule has 0 radical (unpaired) electrons. The molecule has 3 nitrogen and oxygen atoms in total. The van der Waals surface area contributed by atoms with Gasteiger partial charge >= 0.3 is 0 Å². The molecule has 1 fully saturated rings. The van der Waals surface area contributed by atoms with Crippen LogP contribution in [0.3, 0.4) is 0 Å². The number of hydrogen-bond donors (Lipinski definition) is 0. The van der Waals surface area contributed by atoms with E-state index >= 15 is 0 Å². The van der Waals surface area contributed by atoms with Crippen LogP contribution >= 0.6 is 0 Å². The maximum absolute atomic E-state index is 11.8. The summed E-state index contributed by atoms with van der Waals surface area (Å²) < 4.78 is 5.53. The largest absolute Gasteiger partial charge is 0.440 e. The van der Waals surface area contributed by atoms with Crippen LogP contribution in [0.5, 0.6) is 0 Å². The summed E-state index contributed by atoms with van der Waals surface area (Å²) >= 11 is 0. The number of ketones is 1. The van der Waals surface area contributed by atoms with Gasteiger partial charge in [0.1, 0.15) is 11.3 Å². The van der Waals surface area contributed by atoms with Crippen molar-refractivity contribution in [3.8, 4) is 0 Å². The molecule has 82 valence electrons. The first-order valence-electron chi connectivity index (χ1n) is 5.70. The van der Waals surface area contributed by atoms with Crippen molar-refractivity contribution in [1.82, 2.24) is 4.98 Å². The Morgan fingerprint density at radius 2 is 2.19 bits per heavy atom. The van der Waals surface area contributed by atoms with E-state index in [0.717, 1.165) is 23.9 Å². The lowest BCUT2D eigenvalue weighted by Crippen LogP contribution is -2.23. The summed E-state index contributed by atoms with van der Waals surface area (Å²) in [7, 11) is 0. The van der Waals surface area contributed by atoms with Gasteiger partial charge in [-0.2, -0.15) is 0 Å². The van der Waals surface area contributed by atoms with Crippen LogP contribution in [0.2, 0.25) is 0 Å². The van der Waals surface area contributed by atoms with Crippen molar-refractivity contribution in [2.45, 2.75) is 25.7 Å². The smallest absolute Gasteiger partial charge is 0.202 e. The van der Waals surface area contributed by atoms with Gasteiger partial charge in [0.05, 0.1) is 6.42 Å². The molecule has 1 saturated carbocycles. The fourth-order valence-corrected chi connectivity index (χ4v) is 2.02. The number of rotatable bonds is 3. The quantitative estimate of drug-likeness (QED) is 0.790. The predicted octanol–water partition coefficient (Wildman–Crippen LogP) is 2.74. The molecule has 1 aliphatic rings. The number of Topliss-reactive ketones (excluding diaryl/α,β-unsaturated/α-hetero) is 1. The standard InChI is InChI=1S/C13H13NO2/c15-11(9-4-3-5-9)8-13-14-10-6-1-2-7-12(10)16-13/h1-2,6-7,9H,3-5,8H2. The third-order valence-corrected chi connectivity index (χ3v) is 3.22. The number of carbonyl (C=O) groups is 1. The van der Waals surface area contributed by atoms with E-state index in [1.54, 1.807) is 0 Å². The number of nitrogens with zero attached hydrogens (tertiary/aromatic N) is 1. The molecule has 0 atom stereocenters. The van der Waals surface area contributed by atoms with Crippen LogP contribution < -0.4 is 0 Å². The van der Waals surface area contributed by atoms with E-state index in [9.17, 15) is 4.79 Å². The van der Waals surface area contributed by atoms with Gasteiger partial charge in [-0.25, -0.2) is 4.98 Å². The number of aromatic nitrogens is 1. The first-order chi connectivity index (χ1) is 7.83. The Kier molecular flexibility index (Phi) is 2.24. The highest BCUT2D eigenvalue weighted by Crippen LogP contribution is 2.28. The van der Waals surface area contributed by atoms with Gasteiger partial charge in [0, 0.05) is 5.92 Å². The molecule has 3 heteroatoms. The summed E-state index contributed by atoms with van der Waals surface area (Å²) in [6, 6.07) is 7.60. The van der Waals surface area contributed by atoms with Gasteiger partial charge < -0.3 is 4.42 Å². The molecule has 0 aliphatic heterocycles. The average molecular weight is 215 g/mol. The molecule has 1 heterocycles. The fourth-order valence-electron chi connectivity index (χ4n) is 2.02. The molecular weight excluding hydrogens is 202 g/mol. The summed E-state index contributed by atoms with van der Waals surface area (Å²) in [5, 5.41) is 0. The molecule has 0 N–H and O–H groups in total. The second-order valence-electron chi connectivity index (χ2n) is 4.35. The Morgan fingerprint density at radius 1 is 1.38 bits per heavy atom. The summed E-state index contributed by atoms with van der Waals surface area (Å²) in [4.78, 5) is 16.1. The number of benzene rings is 1. The highest BCUT2D eigenvalue weighted by molar-refractivity contribution is 5.84. The first kappa shape index (κ1) is 9.58. The summed E-state index contributed by atoms with van der Waals surface area (Å²) in [5.74, 6) is 1.09. The Labute approximate surface area is 93.5 Å². The Morgan fingerprint density at radius 3 is 2.88 bits per heavy atom. The van der Waals surface area contributed by atoms with Crippen molar-refractivity contribution in [1.29, 1.82) is 0 Å². The minimum absolute atomic E-state index is 0.259. The lowest BCUT2D eigenvalue weighted by molar-refractivity contribution is -0.124. The minimum atomic E-state index is 0.259. The van der Waals surface area contributed by atoms with E-state index < -0.39 is 0 Å². The van der Waals surface area contributed by atoms with Crippen molar-refractivity contribution in [3.05, 3.63) is 30.2 Å². The summed E-state index contributed by atoms with van der Waals surface area (Å²) in [6.45, 7) is 0. The highest BCUT2D eigenvalue weighted by Gasteiger charge is 2.26. The molecule has 0 saturated heterocycles. The molecule has 0 unspecified atom stereocenters.